The van der Waals surface area contributed by atoms with E-state index >= 15 is 0 Å². The van der Waals surface area contributed by atoms with Crippen molar-refractivity contribution in [1.82, 2.24) is 5.01 Å². The molecule has 0 saturated carbocycles. The van der Waals surface area contributed by atoms with Crippen LogP contribution in [0.2, 0.25) is 0 Å². The number of ether oxygens (including phenoxy) is 2. The molecule has 1 N–H and O–H groups in total. The molecule has 0 aliphatic carbocycles. The minimum Gasteiger partial charge on any atom is -0.481 e. The van der Waals surface area contributed by atoms with Crippen molar-refractivity contribution in [2.24, 2.45) is 5.10 Å². The first-order valence-electron chi connectivity index (χ1n) is 6.06. The van der Waals surface area contributed by atoms with Crippen LogP contribution in [0, 0.1) is 0 Å². The topological polar surface area (TPSA) is 71.4 Å². The third kappa shape index (κ3) is 4.26. The van der Waals surface area contributed by atoms with Gasteiger partial charge in [-0.2, -0.15) is 5.10 Å². The van der Waals surface area contributed by atoms with Crippen LogP contribution < -0.4 is 4.74 Å². The molecule has 19 heavy (non-hydrogen) atoms. The highest BCUT2D eigenvalue weighted by Crippen LogP contribution is 2.16. The summed E-state index contributed by atoms with van der Waals surface area (Å²) in [6.45, 7) is 2.51. The molecule has 1 heterocycles. The van der Waals surface area contributed by atoms with Gasteiger partial charge in [-0.25, -0.2) is 4.79 Å². The predicted molar refractivity (Wildman–Crippen MR) is 69.6 cm³/mol. The van der Waals surface area contributed by atoms with Crippen LogP contribution in [-0.4, -0.2) is 55.2 Å². The summed E-state index contributed by atoms with van der Waals surface area (Å²) in [5.41, 5.74) is 0.759. The number of rotatable bonds is 5. The summed E-state index contributed by atoms with van der Waals surface area (Å²) in [6.07, 6.45) is 1.68. The number of hydrazone groups is 1. The van der Waals surface area contributed by atoms with Crippen molar-refractivity contribution >= 4 is 12.2 Å². The molecule has 1 aliphatic heterocycles. The lowest BCUT2D eigenvalue weighted by Gasteiger charge is -2.23. The van der Waals surface area contributed by atoms with Crippen molar-refractivity contribution in [2.45, 2.75) is 0 Å². The van der Waals surface area contributed by atoms with E-state index in [9.17, 15) is 4.79 Å². The molecule has 6 heteroatoms. The fraction of sp³-hybridized carbons (Fsp3) is 0.385. The highest BCUT2D eigenvalue weighted by atomic mass is 16.5. The molecule has 0 spiro atoms. The largest absolute Gasteiger partial charge is 0.481 e. The van der Waals surface area contributed by atoms with Crippen LogP contribution in [-0.2, 0) is 9.53 Å². The average Bonchev–Trinajstić information content (AvgIpc) is 2.45. The lowest BCUT2D eigenvalue weighted by molar-refractivity contribution is -0.139. The summed E-state index contributed by atoms with van der Waals surface area (Å²) in [6, 6.07) is 7.21. The first-order chi connectivity index (χ1) is 9.25. The number of para-hydroxylation sites is 1. The normalized spacial score (nSPS) is 15.7. The molecule has 1 saturated heterocycles. The van der Waals surface area contributed by atoms with Crippen molar-refractivity contribution in [3.05, 3.63) is 29.8 Å². The van der Waals surface area contributed by atoms with Crippen molar-refractivity contribution in [3.63, 3.8) is 0 Å². The Hall–Kier alpha value is -2.08. The van der Waals surface area contributed by atoms with E-state index in [1.54, 1.807) is 18.3 Å². The first kappa shape index (κ1) is 13.4. The lowest BCUT2D eigenvalue weighted by Crippen LogP contribution is -2.32. The monoisotopic (exact) mass is 264 g/mol. The molecule has 0 unspecified atom stereocenters. The van der Waals surface area contributed by atoms with Crippen LogP contribution in [0.25, 0.3) is 0 Å². The predicted octanol–water partition coefficient (Wildman–Crippen LogP) is 0.816. The van der Waals surface area contributed by atoms with Crippen LogP contribution in [0.5, 0.6) is 5.75 Å². The fourth-order valence-electron chi connectivity index (χ4n) is 1.67. The summed E-state index contributed by atoms with van der Waals surface area (Å²) in [4.78, 5) is 10.5. The van der Waals surface area contributed by atoms with E-state index in [2.05, 4.69) is 5.10 Å². The molecule has 102 valence electrons. The van der Waals surface area contributed by atoms with Gasteiger partial charge in [0.2, 0.25) is 0 Å². The van der Waals surface area contributed by atoms with E-state index in [1.807, 2.05) is 17.1 Å². The summed E-state index contributed by atoms with van der Waals surface area (Å²) < 4.78 is 10.4. The number of carboxylic acids is 1. The second kappa shape index (κ2) is 6.75. The second-order valence-electron chi connectivity index (χ2n) is 4.03. The number of hydrogen-bond donors (Lipinski definition) is 1. The van der Waals surface area contributed by atoms with Gasteiger partial charge in [0.15, 0.2) is 6.61 Å². The van der Waals surface area contributed by atoms with E-state index < -0.39 is 5.97 Å². The Balaban J connectivity index is 2.01. The Labute approximate surface area is 111 Å². The number of carboxylic acid groups (broad SMARTS) is 1. The minimum absolute atomic E-state index is 0.359. The Bertz CT molecular complexity index is 456. The van der Waals surface area contributed by atoms with Gasteiger partial charge < -0.3 is 14.6 Å². The number of morpholine rings is 1. The van der Waals surface area contributed by atoms with Gasteiger partial charge in [-0.05, 0) is 12.1 Å². The lowest BCUT2D eigenvalue weighted by atomic mass is 10.2. The molecule has 2 rings (SSSR count). The molecule has 0 aromatic heterocycles. The highest BCUT2D eigenvalue weighted by molar-refractivity contribution is 5.83. The van der Waals surface area contributed by atoms with Crippen LogP contribution in [0.4, 0.5) is 0 Å². The van der Waals surface area contributed by atoms with Gasteiger partial charge in [0.25, 0.3) is 0 Å². The molecular formula is C13H16N2O4. The highest BCUT2D eigenvalue weighted by Gasteiger charge is 2.07. The molecule has 1 aromatic carbocycles. The number of hydrogen-bond acceptors (Lipinski definition) is 5. The zero-order chi connectivity index (χ0) is 13.5. The number of benzene rings is 1. The van der Waals surface area contributed by atoms with E-state index in [0.29, 0.717) is 19.0 Å². The van der Waals surface area contributed by atoms with Gasteiger partial charge in [-0.15, -0.1) is 0 Å². The molecule has 0 amide bonds. The third-order valence-corrected chi connectivity index (χ3v) is 2.62. The summed E-state index contributed by atoms with van der Waals surface area (Å²) in [5, 5.41) is 14.9. The maximum atomic E-state index is 10.5. The van der Waals surface area contributed by atoms with Gasteiger partial charge in [0.05, 0.1) is 32.5 Å². The van der Waals surface area contributed by atoms with E-state index in [-0.39, 0.29) is 6.61 Å². The Morgan fingerprint density at radius 1 is 1.42 bits per heavy atom. The van der Waals surface area contributed by atoms with Crippen molar-refractivity contribution < 1.29 is 19.4 Å². The van der Waals surface area contributed by atoms with E-state index in [1.165, 1.54) is 0 Å². The van der Waals surface area contributed by atoms with E-state index in [0.717, 1.165) is 18.7 Å². The van der Waals surface area contributed by atoms with Gasteiger partial charge in [-0.1, -0.05) is 12.1 Å². The maximum absolute atomic E-state index is 10.5. The van der Waals surface area contributed by atoms with Gasteiger partial charge in [0, 0.05) is 5.56 Å². The molecule has 0 atom stereocenters. The minimum atomic E-state index is -1.00. The second-order valence-corrected chi connectivity index (χ2v) is 4.03. The third-order valence-electron chi connectivity index (χ3n) is 2.62. The number of aliphatic carboxylic acids is 1. The molecule has 0 radical (unpaired) electrons. The molecule has 6 nitrogen and oxygen atoms in total. The Morgan fingerprint density at radius 3 is 2.89 bits per heavy atom. The van der Waals surface area contributed by atoms with Crippen molar-refractivity contribution in [3.8, 4) is 5.75 Å². The van der Waals surface area contributed by atoms with Gasteiger partial charge in [-0.3, -0.25) is 5.01 Å². The molecular weight excluding hydrogens is 248 g/mol. The van der Waals surface area contributed by atoms with Crippen molar-refractivity contribution in [1.29, 1.82) is 0 Å². The zero-order valence-electron chi connectivity index (χ0n) is 10.5. The van der Waals surface area contributed by atoms with Crippen LogP contribution in [0.1, 0.15) is 5.56 Å². The quantitative estimate of drug-likeness (QED) is 0.797. The average molecular weight is 264 g/mol. The SMILES string of the molecule is O=C(O)COc1ccccc1/C=N\N1CCOCC1. The Morgan fingerprint density at radius 2 is 2.16 bits per heavy atom. The smallest absolute Gasteiger partial charge is 0.341 e. The van der Waals surface area contributed by atoms with E-state index in [4.69, 9.17) is 14.6 Å². The number of nitrogens with zero attached hydrogens (tertiary/aromatic N) is 2. The first-order valence-corrected chi connectivity index (χ1v) is 6.06. The van der Waals surface area contributed by atoms with Gasteiger partial charge >= 0.3 is 5.97 Å². The number of carbonyl (C=O) groups is 1. The van der Waals surface area contributed by atoms with Crippen molar-refractivity contribution in [2.75, 3.05) is 32.9 Å². The molecule has 0 bridgehead atoms. The van der Waals surface area contributed by atoms with Gasteiger partial charge in [0.1, 0.15) is 5.75 Å². The summed E-state index contributed by atoms with van der Waals surface area (Å²) in [5.74, 6) is -0.484. The maximum Gasteiger partial charge on any atom is 0.341 e. The van der Waals surface area contributed by atoms with Crippen LogP contribution >= 0.6 is 0 Å². The fourth-order valence-corrected chi connectivity index (χ4v) is 1.67. The Kier molecular flexibility index (Phi) is 4.74. The van der Waals surface area contributed by atoms with Crippen LogP contribution in [0.15, 0.2) is 29.4 Å². The summed E-state index contributed by atoms with van der Waals surface area (Å²) in [7, 11) is 0. The molecule has 1 aliphatic rings. The standard InChI is InChI=1S/C13H16N2O4/c16-13(17)10-19-12-4-2-1-3-11(12)9-14-15-5-7-18-8-6-15/h1-4,9H,5-8,10H2,(H,16,17)/b14-9-. The molecule has 1 fully saturated rings. The zero-order valence-corrected chi connectivity index (χ0v) is 10.5. The molecule has 1 aromatic rings. The summed E-state index contributed by atoms with van der Waals surface area (Å²) >= 11 is 0. The van der Waals surface area contributed by atoms with Crippen LogP contribution in [0.3, 0.4) is 0 Å².